The van der Waals surface area contributed by atoms with Gasteiger partial charge in [0.1, 0.15) is 11.6 Å². The van der Waals surface area contributed by atoms with E-state index in [1.807, 2.05) is 12.1 Å². The molecule has 0 spiro atoms. The van der Waals surface area contributed by atoms with Gasteiger partial charge < -0.3 is 5.32 Å². The van der Waals surface area contributed by atoms with Crippen molar-refractivity contribution in [2.45, 2.75) is 18.8 Å². The van der Waals surface area contributed by atoms with Crippen LogP contribution >= 0.6 is 12.4 Å². The van der Waals surface area contributed by atoms with Gasteiger partial charge in [0.2, 0.25) is 0 Å². The lowest BCUT2D eigenvalue weighted by Gasteiger charge is -2.21. The Morgan fingerprint density at radius 2 is 1.95 bits per heavy atom. The summed E-state index contributed by atoms with van der Waals surface area (Å²) in [5.41, 5.74) is 1.60. The lowest BCUT2D eigenvalue weighted by atomic mass is 9.97. The molecule has 1 N–H and O–H groups in total. The fraction of sp³-hybridized carbons (Fsp3) is 0.333. The highest BCUT2D eigenvalue weighted by atomic mass is 35.5. The predicted molar refractivity (Wildman–Crippen MR) is 79.5 cm³/mol. The number of halogens is 2. The van der Waals surface area contributed by atoms with Crippen molar-refractivity contribution in [3.8, 4) is 11.3 Å². The molecule has 0 saturated carbocycles. The summed E-state index contributed by atoms with van der Waals surface area (Å²) in [6.45, 7) is 2.02. The van der Waals surface area contributed by atoms with Crippen LogP contribution in [0.25, 0.3) is 11.3 Å². The first-order valence-electron chi connectivity index (χ1n) is 6.62. The van der Waals surface area contributed by atoms with Crippen LogP contribution < -0.4 is 5.32 Å². The summed E-state index contributed by atoms with van der Waals surface area (Å²) in [7, 11) is 0. The maximum atomic E-state index is 13.3. The largest absolute Gasteiger partial charge is 0.317 e. The van der Waals surface area contributed by atoms with Gasteiger partial charge in [-0.1, -0.05) is 12.1 Å². The number of aromatic nitrogens is 2. The van der Waals surface area contributed by atoms with E-state index in [2.05, 4.69) is 15.3 Å². The first-order chi connectivity index (χ1) is 9.33. The topological polar surface area (TPSA) is 37.8 Å². The summed E-state index contributed by atoms with van der Waals surface area (Å²) in [6.07, 6.45) is 3.89. The molecular formula is C15H17ClFN3. The van der Waals surface area contributed by atoms with Crippen LogP contribution in [0.1, 0.15) is 24.6 Å². The number of nitrogens with zero attached hydrogens (tertiary/aromatic N) is 2. The number of nitrogens with one attached hydrogen (secondary N) is 1. The Kier molecular flexibility index (Phi) is 5.04. The van der Waals surface area contributed by atoms with Gasteiger partial charge in [-0.15, -0.1) is 12.4 Å². The summed E-state index contributed by atoms with van der Waals surface area (Å²) < 4.78 is 13.3. The van der Waals surface area contributed by atoms with Crippen LogP contribution in [0.5, 0.6) is 0 Å². The van der Waals surface area contributed by atoms with E-state index < -0.39 is 0 Å². The minimum absolute atomic E-state index is 0. The summed E-state index contributed by atoms with van der Waals surface area (Å²) in [5.74, 6) is 1.05. The van der Waals surface area contributed by atoms with Crippen LogP contribution in [0.2, 0.25) is 0 Å². The van der Waals surface area contributed by atoms with E-state index >= 15 is 0 Å². The highest BCUT2D eigenvalue weighted by Gasteiger charge is 2.18. The van der Waals surface area contributed by atoms with E-state index in [-0.39, 0.29) is 18.2 Å². The van der Waals surface area contributed by atoms with E-state index in [0.29, 0.717) is 5.92 Å². The van der Waals surface area contributed by atoms with Crippen molar-refractivity contribution in [1.29, 1.82) is 0 Å². The monoisotopic (exact) mass is 293 g/mol. The molecule has 2 heterocycles. The molecule has 5 heteroatoms. The Morgan fingerprint density at radius 3 is 2.70 bits per heavy atom. The summed E-state index contributed by atoms with van der Waals surface area (Å²) in [5, 5.41) is 3.33. The van der Waals surface area contributed by atoms with E-state index in [0.717, 1.165) is 43.0 Å². The second-order valence-electron chi connectivity index (χ2n) is 4.83. The van der Waals surface area contributed by atoms with Crippen LogP contribution in [0.4, 0.5) is 4.39 Å². The first kappa shape index (κ1) is 14.9. The van der Waals surface area contributed by atoms with Gasteiger partial charge in [-0.2, -0.15) is 0 Å². The van der Waals surface area contributed by atoms with E-state index in [4.69, 9.17) is 0 Å². The zero-order valence-electron chi connectivity index (χ0n) is 11.1. The third-order valence-corrected chi connectivity index (χ3v) is 3.50. The normalized spacial score (nSPS) is 15.7. The Balaban J connectivity index is 0.00000147. The molecule has 2 aromatic rings. The van der Waals surface area contributed by atoms with E-state index in [1.165, 1.54) is 12.1 Å². The van der Waals surface area contributed by atoms with Crippen LogP contribution in [0, 0.1) is 5.82 Å². The van der Waals surface area contributed by atoms with Crippen molar-refractivity contribution in [2.24, 2.45) is 0 Å². The smallest absolute Gasteiger partial charge is 0.132 e. The van der Waals surface area contributed by atoms with Gasteiger partial charge in [0.15, 0.2) is 0 Å². The molecule has 1 aromatic carbocycles. The van der Waals surface area contributed by atoms with Gasteiger partial charge in [-0.05, 0) is 44.1 Å². The number of benzene rings is 1. The van der Waals surface area contributed by atoms with E-state index in [1.54, 1.807) is 12.3 Å². The minimum Gasteiger partial charge on any atom is -0.317 e. The number of piperidine rings is 1. The second kappa shape index (κ2) is 6.77. The van der Waals surface area contributed by atoms with Gasteiger partial charge in [0, 0.05) is 17.7 Å². The summed E-state index contributed by atoms with van der Waals surface area (Å²) >= 11 is 0. The molecule has 106 valence electrons. The van der Waals surface area contributed by atoms with Gasteiger partial charge in [0.05, 0.1) is 5.69 Å². The number of hydrogen-bond donors (Lipinski definition) is 1. The molecule has 1 aromatic heterocycles. The maximum Gasteiger partial charge on any atom is 0.132 e. The quantitative estimate of drug-likeness (QED) is 0.924. The molecule has 0 amide bonds. The van der Waals surface area contributed by atoms with E-state index in [9.17, 15) is 4.39 Å². The highest BCUT2D eigenvalue weighted by molar-refractivity contribution is 5.85. The second-order valence-corrected chi connectivity index (χ2v) is 4.83. The van der Waals surface area contributed by atoms with Gasteiger partial charge in [0.25, 0.3) is 0 Å². The first-order valence-corrected chi connectivity index (χ1v) is 6.62. The third-order valence-electron chi connectivity index (χ3n) is 3.50. The van der Waals surface area contributed by atoms with Crippen molar-refractivity contribution >= 4 is 12.4 Å². The molecule has 1 aliphatic rings. The van der Waals surface area contributed by atoms with Crippen molar-refractivity contribution in [2.75, 3.05) is 13.1 Å². The standard InChI is InChI=1S/C15H16FN3.ClH/c16-13-3-1-2-12(10-13)14-6-9-18-15(19-14)11-4-7-17-8-5-11;/h1-3,6,9-11,17H,4-5,7-8H2;1H. The number of hydrogen-bond acceptors (Lipinski definition) is 3. The minimum atomic E-state index is -0.237. The Hall–Kier alpha value is -1.52. The molecule has 0 aliphatic carbocycles. The third kappa shape index (κ3) is 3.32. The SMILES string of the molecule is Cl.Fc1cccc(-c2ccnc(C3CCNCC3)n2)c1. The Morgan fingerprint density at radius 1 is 1.15 bits per heavy atom. The molecule has 0 radical (unpaired) electrons. The zero-order valence-corrected chi connectivity index (χ0v) is 11.9. The Bertz CT molecular complexity index is 571. The summed E-state index contributed by atoms with van der Waals surface area (Å²) in [6, 6.07) is 8.36. The molecule has 0 atom stereocenters. The van der Waals surface area contributed by atoms with Crippen LogP contribution in [0.3, 0.4) is 0 Å². The van der Waals surface area contributed by atoms with Crippen LogP contribution in [-0.2, 0) is 0 Å². The summed E-state index contributed by atoms with van der Waals surface area (Å²) in [4.78, 5) is 8.98. The highest BCUT2D eigenvalue weighted by Crippen LogP contribution is 2.24. The van der Waals surface area contributed by atoms with Crippen molar-refractivity contribution in [3.63, 3.8) is 0 Å². The Labute approximate surface area is 124 Å². The molecule has 1 aliphatic heterocycles. The van der Waals surface area contributed by atoms with Crippen molar-refractivity contribution in [1.82, 2.24) is 15.3 Å². The fourth-order valence-corrected chi connectivity index (χ4v) is 2.46. The predicted octanol–water partition coefficient (Wildman–Crippen LogP) is 3.17. The van der Waals surface area contributed by atoms with Crippen LogP contribution in [0.15, 0.2) is 36.5 Å². The molecule has 1 fully saturated rings. The molecule has 3 nitrogen and oxygen atoms in total. The molecule has 0 bridgehead atoms. The van der Waals surface area contributed by atoms with Gasteiger partial charge >= 0.3 is 0 Å². The van der Waals surface area contributed by atoms with Gasteiger partial charge in [-0.3, -0.25) is 0 Å². The lowest BCUT2D eigenvalue weighted by molar-refractivity contribution is 0.445. The molecule has 1 saturated heterocycles. The van der Waals surface area contributed by atoms with Crippen molar-refractivity contribution in [3.05, 3.63) is 48.2 Å². The number of rotatable bonds is 2. The lowest BCUT2D eigenvalue weighted by Crippen LogP contribution is -2.27. The van der Waals surface area contributed by atoms with Gasteiger partial charge in [-0.25, -0.2) is 14.4 Å². The molecule has 3 rings (SSSR count). The molecule has 0 unspecified atom stereocenters. The average Bonchev–Trinajstić information content (AvgIpc) is 2.48. The van der Waals surface area contributed by atoms with Crippen molar-refractivity contribution < 1.29 is 4.39 Å². The zero-order chi connectivity index (χ0) is 13.1. The van der Waals surface area contributed by atoms with Crippen LogP contribution in [-0.4, -0.2) is 23.1 Å². The average molecular weight is 294 g/mol. The molecule has 20 heavy (non-hydrogen) atoms. The maximum absolute atomic E-state index is 13.3. The molecular weight excluding hydrogens is 277 g/mol. The fourth-order valence-electron chi connectivity index (χ4n) is 2.46.